The molecule has 0 aliphatic rings. The molecule has 2 aromatic carbocycles. The number of nitrogens with one attached hydrogen (secondary N) is 1. The monoisotopic (exact) mass is 389 g/mol. The maximum atomic E-state index is 9.87. The van der Waals surface area contributed by atoms with Crippen LogP contribution in [0.1, 0.15) is 5.56 Å². The number of anilines is 1. The van der Waals surface area contributed by atoms with Gasteiger partial charge in [0.2, 0.25) is 0 Å². The van der Waals surface area contributed by atoms with Gasteiger partial charge in [-0.2, -0.15) is 0 Å². The lowest BCUT2D eigenvalue weighted by Gasteiger charge is -2.10. The second kappa shape index (κ2) is 5.95. The van der Waals surface area contributed by atoms with Crippen LogP contribution in [-0.2, 0) is 6.54 Å². The molecule has 18 heavy (non-hydrogen) atoms. The summed E-state index contributed by atoms with van der Waals surface area (Å²) in [5, 5.41) is 13.7. The Morgan fingerprint density at radius 2 is 1.94 bits per heavy atom. The van der Waals surface area contributed by atoms with Crippen molar-refractivity contribution in [3.63, 3.8) is 0 Å². The van der Waals surface area contributed by atoms with Crippen molar-refractivity contribution in [3.05, 3.63) is 55.9 Å². The van der Waals surface area contributed by atoms with Crippen LogP contribution in [0.3, 0.4) is 0 Å². The molecule has 0 saturated heterocycles. The van der Waals surface area contributed by atoms with Crippen molar-refractivity contribution in [2.75, 3.05) is 5.32 Å². The van der Waals surface area contributed by atoms with E-state index >= 15 is 0 Å². The number of para-hydroxylation sites is 1. The molecule has 0 atom stereocenters. The van der Waals surface area contributed by atoms with Crippen molar-refractivity contribution >= 4 is 49.1 Å². The van der Waals surface area contributed by atoms with Gasteiger partial charge in [-0.25, -0.2) is 0 Å². The summed E-state index contributed by atoms with van der Waals surface area (Å²) in [7, 11) is 0. The Morgan fingerprint density at radius 3 is 2.72 bits per heavy atom. The van der Waals surface area contributed by atoms with Crippen LogP contribution in [0.5, 0.6) is 5.75 Å². The molecular formula is C13H10Br2ClNO. The first-order valence-corrected chi connectivity index (χ1v) is 7.19. The van der Waals surface area contributed by atoms with Gasteiger partial charge in [-0.15, -0.1) is 0 Å². The first kappa shape index (κ1) is 13.7. The van der Waals surface area contributed by atoms with Crippen molar-refractivity contribution < 1.29 is 5.11 Å². The van der Waals surface area contributed by atoms with E-state index in [9.17, 15) is 5.11 Å². The number of phenols is 1. The fourth-order valence-corrected chi connectivity index (χ4v) is 2.48. The lowest BCUT2D eigenvalue weighted by molar-refractivity contribution is 0.465. The predicted octanol–water partition coefficient (Wildman–Crippen LogP) is 5.18. The molecule has 2 aromatic rings. The van der Waals surface area contributed by atoms with E-state index < -0.39 is 0 Å². The zero-order valence-electron chi connectivity index (χ0n) is 9.25. The third-order valence-electron chi connectivity index (χ3n) is 2.47. The molecule has 0 radical (unpaired) electrons. The fourth-order valence-electron chi connectivity index (χ4n) is 1.53. The normalized spacial score (nSPS) is 10.4. The first-order valence-electron chi connectivity index (χ1n) is 5.23. The molecule has 0 spiro atoms. The summed E-state index contributed by atoms with van der Waals surface area (Å²) in [6, 6.07) is 11.1. The van der Waals surface area contributed by atoms with E-state index in [-0.39, 0.29) is 5.75 Å². The molecular weight excluding hydrogens is 381 g/mol. The van der Waals surface area contributed by atoms with Crippen LogP contribution in [-0.4, -0.2) is 5.11 Å². The number of phenolic OH excluding ortho intramolecular Hbond substituents is 1. The van der Waals surface area contributed by atoms with E-state index in [1.54, 1.807) is 6.07 Å². The first-order chi connectivity index (χ1) is 8.58. The minimum Gasteiger partial charge on any atom is -0.506 e. The summed E-state index contributed by atoms with van der Waals surface area (Å²) in [4.78, 5) is 0. The molecule has 0 aliphatic carbocycles. The van der Waals surface area contributed by atoms with Crippen molar-refractivity contribution in [3.8, 4) is 5.75 Å². The molecule has 2 N–H and O–H groups in total. The van der Waals surface area contributed by atoms with Gasteiger partial charge in [0.25, 0.3) is 0 Å². The van der Waals surface area contributed by atoms with Gasteiger partial charge < -0.3 is 10.4 Å². The zero-order chi connectivity index (χ0) is 13.1. The fraction of sp³-hybridized carbons (Fsp3) is 0.0769. The highest BCUT2D eigenvalue weighted by Crippen LogP contribution is 2.30. The van der Waals surface area contributed by atoms with Gasteiger partial charge in [0.05, 0.1) is 15.2 Å². The minimum atomic E-state index is 0.246. The molecule has 5 heteroatoms. The van der Waals surface area contributed by atoms with Crippen LogP contribution >= 0.6 is 43.5 Å². The average molecular weight is 391 g/mol. The summed E-state index contributed by atoms with van der Waals surface area (Å²) in [5.41, 5.74) is 1.63. The van der Waals surface area contributed by atoms with E-state index in [1.807, 2.05) is 30.3 Å². The molecule has 0 aliphatic heterocycles. The zero-order valence-corrected chi connectivity index (χ0v) is 13.2. The third kappa shape index (κ3) is 3.19. The van der Waals surface area contributed by atoms with E-state index in [4.69, 9.17) is 11.6 Å². The molecule has 2 nitrogen and oxygen atoms in total. The maximum absolute atomic E-state index is 9.87. The summed E-state index contributed by atoms with van der Waals surface area (Å²) < 4.78 is 1.63. The summed E-state index contributed by atoms with van der Waals surface area (Å²) in [6.07, 6.45) is 0. The summed E-state index contributed by atoms with van der Waals surface area (Å²) in [5.74, 6) is 0.246. The number of hydrogen-bond acceptors (Lipinski definition) is 2. The molecule has 2 rings (SSSR count). The highest BCUT2D eigenvalue weighted by Gasteiger charge is 2.06. The van der Waals surface area contributed by atoms with Gasteiger partial charge >= 0.3 is 0 Å². The van der Waals surface area contributed by atoms with Crippen molar-refractivity contribution in [2.45, 2.75) is 6.54 Å². The summed E-state index contributed by atoms with van der Waals surface area (Å²) >= 11 is 12.8. The third-order valence-corrected chi connectivity index (χ3v) is 3.93. The quantitative estimate of drug-likeness (QED) is 0.755. The topological polar surface area (TPSA) is 32.3 Å². The predicted molar refractivity (Wildman–Crippen MR) is 82.3 cm³/mol. The number of hydrogen-bond donors (Lipinski definition) is 2. The Bertz CT molecular complexity index is 573. The Hall–Kier alpha value is -0.710. The highest BCUT2D eigenvalue weighted by atomic mass is 79.9. The summed E-state index contributed by atoms with van der Waals surface area (Å²) in [6.45, 7) is 0.501. The van der Waals surface area contributed by atoms with Crippen LogP contribution in [0.15, 0.2) is 45.3 Å². The van der Waals surface area contributed by atoms with Crippen LogP contribution in [0, 0.1) is 0 Å². The minimum absolute atomic E-state index is 0.246. The van der Waals surface area contributed by atoms with Crippen molar-refractivity contribution in [1.29, 1.82) is 0 Å². The van der Waals surface area contributed by atoms with Gasteiger partial charge in [0.1, 0.15) is 5.75 Å². The largest absolute Gasteiger partial charge is 0.506 e. The molecule has 0 saturated carbocycles. The van der Waals surface area contributed by atoms with Gasteiger partial charge in [-0.1, -0.05) is 39.7 Å². The van der Waals surface area contributed by atoms with Crippen LogP contribution in [0.25, 0.3) is 0 Å². The smallest absolute Gasteiger partial charge is 0.134 e. The molecule has 94 valence electrons. The number of benzene rings is 2. The number of rotatable bonds is 3. The molecule has 0 unspecified atom stereocenters. The Kier molecular flexibility index (Phi) is 4.54. The Balaban J connectivity index is 2.16. The number of halogens is 3. The van der Waals surface area contributed by atoms with Crippen LogP contribution in [0.4, 0.5) is 5.69 Å². The lowest BCUT2D eigenvalue weighted by Crippen LogP contribution is -2.00. The van der Waals surface area contributed by atoms with E-state index in [0.717, 1.165) is 15.7 Å². The Labute approximate surface area is 127 Å². The number of aromatic hydroxyl groups is 1. The van der Waals surface area contributed by atoms with Crippen molar-refractivity contribution in [1.82, 2.24) is 0 Å². The highest BCUT2D eigenvalue weighted by molar-refractivity contribution is 9.10. The Morgan fingerprint density at radius 1 is 1.17 bits per heavy atom. The lowest BCUT2D eigenvalue weighted by atomic mass is 10.2. The second-order valence-corrected chi connectivity index (χ2v) is 5.90. The second-order valence-electron chi connectivity index (χ2n) is 3.73. The van der Waals surface area contributed by atoms with Crippen LogP contribution in [0.2, 0.25) is 5.02 Å². The van der Waals surface area contributed by atoms with Crippen molar-refractivity contribution in [2.24, 2.45) is 0 Å². The van der Waals surface area contributed by atoms with Gasteiger partial charge in [0, 0.05) is 16.6 Å². The SMILES string of the molecule is Oc1c(Br)cccc1CNc1cc(Br)ccc1Cl. The van der Waals surface area contributed by atoms with Gasteiger partial charge in [-0.3, -0.25) is 0 Å². The molecule has 0 bridgehead atoms. The standard InChI is InChI=1S/C13H10Br2ClNO/c14-9-4-5-11(16)12(6-9)17-7-8-2-1-3-10(15)13(8)18/h1-6,17-18H,7H2. The van der Waals surface area contributed by atoms with Gasteiger partial charge in [0.15, 0.2) is 0 Å². The van der Waals surface area contributed by atoms with E-state index in [0.29, 0.717) is 16.0 Å². The molecule has 0 fully saturated rings. The molecule has 0 aromatic heterocycles. The van der Waals surface area contributed by atoms with Crippen LogP contribution < -0.4 is 5.32 Å². The molecule has 0 heterocycles. The van der Waals surface area contributed by atoms with E-state index in [1.165, 1.54) is 0 Å². The average Bonchev–Trinajstić information content (AvgIpc) is 2.35. The van der Waals surface area contributed by atoms with Gasteiger partial charge in [-0.05, 0) is 40.2 Å². The van der Waals surface area contributed by atoms with E-state index in [2.05, 4.69) is 37.2 Å². The maximum Gasteiger partial charge on any atom is 0.134 e. The molecule has 0 amide bonds.